The third-order valence-electron chi connectivity index (χ3n) is 4.27. The first-order valence-electron chi connectivity index (χ1n) is 8.29. The number of thioether (sulfide) groups is 1. The summed E-state index contributed by atoms with van der Waals surface area (Å²) in [7, 11) is -3.54. The molecule has 5 nitrogen and oxygen atoms in total. The highest BCUT2D eigenvalue weighted by molar-refractivity contribution is 7.99. The number of aromatic nitrogens is 1. The molecule has 0 bridgehead atoms. The third-order valence-corrected chi connectivity index (χ3v) is 7.29. The maximum absolute atomic E-state index is 13.1. The average Bonchev–Trinajstić information content (AvgIpc) is 3.02. The van der Waals surface area contributed by atoms with E-state index in [0.717, 1.165) is 34.3 Å². The van der Waals surface area contributed by atoms with Gasteiger partial charge in [-0.1, -0.05) is 25.5 Å². The van der Waals surface area contributed by atoms with Crippen LogP contribution >= 0.6 is 11.8 Å². The molecule has 130 valence electrons. The zero-order valence-electron chi connectivity index (χ0n) is 13.8. The Hall–Kier alpha value is -1.15. The molecule has 2 aromatic rings. The summed E-state index contributed by atoms with van der Waals surface area (Å²) in [4.78, 5) is 5.58. The van der Waals surface area contributed by atoms with Gasteiger partial charge in [-0.05, 0) is 24.7 Å². The van der Waals surface area contributed by atoms with Crippen molar-refractivity contribution in [2.75, 3.05) is 18.8 Å². The van der Waals surface area contributed by atoms with Crippen molar-refractivity contribution in [3.63, 3.8) is 0 Å². The molecule has 0 unspecified atom stereocenters. The van der Waals surface area contributed by atoms with E-state index in [4.69, 9.17) is 5.73 Å². The van der Waals surface area contributed by atoms with E-state index in [1.165, 1.54) is 4.31 Å². The molecule has 2 N–H and O–H groups in total. The van der Waals surface area contributed by atoms with E-state index in [2.05, 4.69) is 11.9 Å². The van der Waals surface area contributed by atoms with Gasteiger partial charge in [-0.2, -0.15) is 4.31 Å². The minimum Gasteiger partial charge on any atom is -0.326 e. The van der Waals surface area contributed by atoms with E-state index in [1.807, 2.05) is 6.07 Å². The Kier molecular flexibility index (Phi) is 5.44. The minimum absolute atomic E-state index is 0.0742. The van der Waals surface area contributed by atoms with Gasteiger partial charge in [-0.25, -0.2) is 8.42 Å². The summed E-state index contributed by atoms with van der Waals surface area (Å²) in [6.07, 6.45) is 6.42. The van der Waals surface area contributed by atoms with Crippen LogP contribution in [0.25, 0.3) is 10.8 Å². The van der Waals surface area contributed by atoms with Crippen LogP contribution in [0.3, 0.4) is 0 Å². The molecule has 2 heterocycles. The van der Waals surface area contributed by atoms with Crippen LogP contribution in [0.15, 0.2) is 40.4 Å². The van der Waals surface area contributed by atoms with Gasteiger partial charge in [0.2, 0.25) is 10.0 Å². The molecule has 0 radical (unpaired) electrons. The summed E-state index contributed by atoms with van der Waals surface area (Å²) in [5, 5.41) is 1.65. The monoisotopic (exact) mass is 365 g/mol. The van der Waals surface area contributed by atoms with Crippen LogP contribution in [0.1, 0.15) is 26.2 Å². The predicted octanol–water partition coefficient (Wildman–Crippen LogP) is 2.85. The molecule has 1 aliphatic heterocycles. The lowest BCUT2D eigenvalue weighted by molar-refractivity contribution is 0.473. The zero-order valence-corrected chi connectivity index (χ0v) is 15.4. The van der Waals surface area contributed by atoms with Gasteiger partial charge >= 0.3 is 0 Å². The normalized spacial score (nSPS) is 19.2. The number of nitrogens with two attached hydrogens (primary N) is 1. The fraction of sp³-hybridized carbons (Fsp3) is 0.471. The molecule has 0 aliphatic carbocycles. The Morgan fingerprint density at radius 1 is 1.38 bits per heavy atom. The van der Waals surface area contributed by atoms with Gasteiger partial charge in [-0.3, -0.25) is 4.98 Å². The summed E-state index contributed by atoms with van der Waals surface area (Å²) in [6, 6.07) is 5.33. The molecular formula is C17H23N3O2S2. The SMILES string of the molecule is CCCCSc1cncc2cccc(S(=O)(=O)N3CC[C@H](N)C3)c12. The Morgan fingerprint density at radius 3 is 2.92 bits per heavy atom. The topological polar surface area (TPSA) is 76.3 Å². The van der Waals surface area contributed by atoms with Gasteiger partial charge < -0.3 is 5.73 Å². The van der Waals surface area contributed by atoms with Gasteiger partial charge in [0.05, 0.1) is 4.90 Å². The zero-order chi connectivity index (χ0) is 17.2. The maximum Gasteiger partial charge on any atom is 0.243 e. The summed E-state index contributed by atoms with van der Waals surface area (Å²) in [5.74, 6) is 0.959. The number of nitrogens with zero attached hydrogens (tertiary/aromatic N) is 2. The van der Waals surface area contributed by atoms with Crippen molar-refractivity contribution in [2.45, 2.75) is 42.0 Å². The van der Waals surface area contributed by atoms with E-state index in [-0.39, 0.29) is 6.04 Å². The van der Waals surface area contributed by atoms with Crippen molar-refractivity contribution in [2.24, 2.45) is 5.73 Å². The van der Waals surface area contributed by atoms with E-state index in [0.29, 0.717) is 24.4 Å². The molecular weight excluding hydrogens is 342 g/mol. The molecule has 1 fully saturated rings. The molecule has 1 aromatic carbocycles. The quantitative estimate of drug-likeness (QED) is 0.629. The largest absolute Gasteiger partial charge is 0.326 e. The van der Waals surface area contributed by atoms with Crippen molar-refractivity contribution < 1.29 is 8.42 Å². The summed E-state index contributed by atoms with van der Waals surface area (Å²) < 4.78 is 27.7. The van der Waals surface area contributed by atoms with Gasteiger partial charge in [0.25, 0.3) is 0 Å². The smallest absolute Gasteiger partial charge is 0.243 e. The van der Waals surface area contributed by atoms with Crippen LogP contribution in [0.4, 0.5) is 0 Å². The molecule has 0 spiro atoms. The molecule has 0 saturated carbocycles. The summed E-state index contributed by atoms with van der Waals surface area (Å²) in [6.45, 7) is 3.03. The van der Waals surface area contributed by atoms with Crippen molar-refractivity contribution in [3.05, 3.63) is 30.6 Å². The Morgan fingerprint density at radius 2 is 2.21 bits per heavy atom. The summed E-state index contributed by atoms with van der Waals surface area (Å²) in [5.41, 5.74) is 5.90. The summed E-state index contributed by atoms with van der Waals surface area (Å²) >= 11 is 1.68. The van der Waals surface area contributed by atoms with Crippen molar-refractivity contribution in [1.82, 2.24) is 9.29 Å². The first kappa shape index (κ1) is 17.7. The van der Waals surface area contributed by atoms with Gasteiger partial charge in [-0.15, -0.1) is 11.8 Å². The number of hydrogen-bond donors (Lipinski definition) is 1. The Balaban J connectivity index is 2.07. The van der Waals surface area contributed by atoms with E-state index < -0.39 is 10.0 Å². The molecule has 3 rings (SSSR count). The Labute approximate surface area is 147 Å². The second-order valence-corrected chi connectivity index (χ2v) is 9.15. The number of benzene rings is 1. The molecule has 1 saturated heterocycles. The molecule has 7 heteroatoms. The lowest BCUT2D eigenvalue weighted by Gasteiger charge is -2.18. The van der Waals surface area contributed by atoms with Gasteiger partial charge in [0, 0.05) is 47.2 Å². The molecule has 1 atom stereocenters. The first-order valence-corrected chi connectivity index (χ1v) is 10.7. The van der Waals surface area contributed by atoms with Crippen LogP contribution in [-0.2, 0) is 10.0 Å². The lowest BCUT2D eigenvalue weighted by atomic mass is 10.2. The second-order valence-electron chi connectivity index (χ2n) is 6.11. The van der Waals surface area contributed by atoms with Crippen LogP contribution in [0.2, 0.25) is 0 Å². The number of hydrogen-bond acceptors (Lipinski definition) is 5. The molecule has 24 heavy (non-hydrogen) atoms. The van der Waals surface area contributed by atoms with Gasteiger partial charge in [0.15, 0.2) is 0 Å². The third kappa shape index (κ3) is 3.44. The Bertz CT molecular complexity index is 818. The van der Waals surface area contributed by atoms with Crippen LogP contribution in [0, 0.1) is 0 Å². The number of sulfonamides is 1. The number of unbranched alkanes of at least 4 members (excludes halogenated alkanes) is 1. The number of pyridine rings is 1. The van der Waals surface area contributed by atoms with E-state index in [1.54, 1.807) is 36.3 Å². The highest BCUT2D eigenvalue weighted by Gasteiger charge is 2.32. The lowest BCUT2D eigenvalue weighted by Crippen LogP contribution is -2.32. The van der Waals surface area contributed by atoms with Gasteiger partial charge in [0.1, 0.15) is 0 Å². The van der Waals surface area contributed by atoms with Crippen LogP contribution < -0.4 is 5.73 Å². The van der Waals surface area contributed by atoms with E-state index >= 15 is 0 Å². The molecule has 0 amide bonds. The van der Waals surface area contributed by atoms with Crippen molar-refractivity contribution in [1.29, 1.82) is 0 Å². The number of rotatable bonds is 6. The standard InChI is InChI=1S/C17H23N3O2S2/c1-2-3-9-23-15-11-19-10-13-5-4-6-16(17(13)15)24(21,22)20-8-7-14(18)12-20/h4-6,10-11,14H,2-3,7-9,12,18H2,1H3/t14-/m0/s1. The fourth-order valence-corrected chi connectivity index (χ4v) is 5.90. The minimum atomic E-state index is -3.54. The first-order chi connectivity index (χ1) is 11.5. The van der Waals surface area contributed by atoms with Crippen LogP contribution in [-0.4, -0.2) is 42.6 Å². The van der Waals surface area contributed by atoms with Crippen LogP contribution in [0.5, 0.6) is 0 Å². The highest BCUT2D eigenvalue weighted by Crippen LogP contribution is 2.34. The van der Waals surface area contributed by atoms with E-state index in [9.17, 15) is 8.42 Å². The molecule has 1 aliphatic rings. The highest BCUT2D eigenvalue weighted by atomic mass is 32.2. The maximum atomic E-state index is 13.1. The van der Waals surface area contributed by atoms with Crippen molar-refractivity contribution in [3.8, 4) is 0 Å². The predicted molar refractivity (Wildman–Crippen MR) is 98.7 cm³/mol. The fourth-order valence-electron chi connectivity index (χ4n) is 2.93. The number of fused-ring (bicyclic) bond motifs is 1. The van der Waals surface area contributed by atoms with Crippen molar-refractivity contribution >= 4 is 32.6 Å². The molecule has 1 aromatic heterocycles. The second kappa shape index (κ2) is 7.39. The average molecular weight is 366 g/mol.